The van der Waals surface area contributed by atoms with Crippen LogP contribution < -0.4 is 4.74 Å². The number of rotatable bonds is 6. The summed E-state index contributed by atoms with van der Waals surface area (Å²) in [5.74, 6) is 0.387. The number of fused-ring (bicyclic) bond motifs is 1. The second-order valence-corrected chi connectivity index (χ2v) is 6.44. The molecule has 0 saturated heterocycles. The first-order chi connectivity index (χ1) is 11.6. The number of aliphatic hydroxyl groups is 1. The van der Waals surface area contributed by atoms with Gasteiger partial charge in [-0.25, -0.2) is 0 Å². The first kappa shape index (κ1) is 16.5. The van der Waals surface area contributed by atoms with Crippen LogP contribution in [0, 0.1) is 0 Å². The third-order valence-corrected chi connectivity index (χ3v) is 4.97. The number of benzene rings is 2. The molecule has 2 aromatic rings. The highest BCUT2D eigenvalue weighted by molar-refractivity contribution is 7.99. The number of amides is 2. The Kier molecular flexibility index (Phi) is 4.87. The van der Waals surface area contributed by atoms with Crippen LogP contribution >= 0.6 is 11.8 Å². The van der Waals surface area contributed by atoms with E-state index in [1.165, 1.54) is 11.8 Å². The minimum absolute atomic E-state index is 0.0193. The second-order valence-electron chi connectivity index (χ2n) is 5.38. The van der Waals surface area contributed by atoms with Crippen LogP contribution in [0.5, 0.6) is 5.75 Å². The molecule has 124 valence electrons. The molecular formula is C18H17NO4S. The maximum Gasteiger partial charge on any atom is 0.261 e. The number of para-hydroxylation sites is 1. The van der Waals surface area contributed by atoms with Crippen molar-refractivity contribution in [1.29, 1.82) is 0 Å². The number of carbonyl (C=O) groups excluding carboxylic acids is 2. The van der Waals surface area contributed by atoms with Crippen molar-refractivity contribution in [3.8, 4) is 5.75 Å². The van der Waals surface area contributed by atoms with Crippen molar-refractivity contribution in [2.24, 2.45) is 0 Å². The summed E-state index contributed by atoms with van der Waals surface area (Å²) in [7, 11) is 1.59. The van der Waals surface area contributed by atoms with E-state index in [4.69, 9.17) is 4.74 Å². The third kappa shape index (κ3) is 3.16. The SMILES string of the molecule is COc1ccccc1SCC(O)CN1C(=O)c2ccccc2C1=O. The third-order valence-electron chi connectivity index (χ3n) is 3.77. The Balaban J connectivity index is 1.63. The van der Waals surface area contributed by atoms with Gasteiger partial charge < -0.3 is 9.84 Å². The van der Waals surface area contributed by atoms with Crippen LogP contribution in [-0.2, 0) is 0 Å². The summed E-state index contributed by atoms with van der Waals surface area (Å²) in [6, 6.07) is 14.2. The van der Waals surface area contributed by atoms with Crippen LogP contribution in [0.4, 0.5) is 0 Å². The molecule has 1 aliphatic rings. The average Bonchev–Trinajstić information content (AvgIpc) is 2.85. The average molecular weight is 343 g/mol. The van der Waals surface area contributed by atoms with Crippen molar-refractivity contribution in [2.45, 2.75) is 11.0 Å². The van der Waals surface area contributed by atoms with Gasteiger partial charge >= 0.3 is 0 Å². The molecule has 0 radical (unpaired) electrons. The van der Waals surface area contributed by atoms with E-state index in [9.17, 15) is 14.7 Å². The van der Waals surface area contributed by atoms with Crippen LogP contribution in [0.25, 0.3) is 0 Å². The largest absolute Gasteiger partial charge is 0.496 e. The molecule has 1 unspecified atom stereocenters. The number of carbonyl (C=O) groups is 2. The van der Waals surface area contributed by atoms with E-state index in [2.05, 4.69) is 0 Å². The van der Waals surface area contributed by atoms with Gasteiger partial charge in [0.05, 0.1) is 30.9 Å². The number of methoxy groups -OCH3 is 1. The summed E-state index contributed by atoms with van der Waals surface area (Å²) >= 11 is 1.43. The fourth-order valence-electron chi connectivity index (χ4n) is 2.59. The molecule has 0 bridgehead atoms. The summed E-state index contributed by atoms with van der Waals surface area (Å²) < 4.78 is 5.27. The smallest absolute Gasteiger partial charge is 0.261 e. The Morgan fingerprint density at radius 1 is 1.04 bits per heavy atom. The predicted molar refractivity (Wildman–Crippen MR) is 91.5 cm³/mol. The lowest BCUT2D eigenvalue weighted by Crippen LogP contribution is -2.37. The monoisotopic (exact) mass is 343 g/mol. The molecule has 2 aromatic carbocycles. The summed E-state index contributed by atoms with van der Waals surface area (Å²) in [6.07, 6.45) is -0.817. The Bertz CT molecular complexity index is 742. The van der Waals surface area contributed by atoms with E-state index in [-0.39, 0.29) is 18.4 Å². The molecule has 2 amide bonds. The Morgan fingerprint density at radius 2 is 1.62 bits per heavy atom. The van der Waals surface area contributed by atoms with Crippen LogP contribution in [0.1, 0.15) is 20.7 Å². The van der Waals surface area contributed by atoms with Crippen molar-refractivity contribution >= 4 is 23.6 Å². The summed E-state index contributed by atoms with van der Waals surface area (Å²) in [5.41, 5.74) is 0.791. The number of aliphatic hydroxyl groups excluding tert-OH is 1. The lowest BCUT2D eigenvalue weighted by molar-refractivity contribution is 0.0567. The zero-order chi connectivity index (χ0) is 17.1. The highest BCUT2D eigenvalue weighted by Crippen LogP contribution is 2.29. The number of ether oxygens (including phenoxy) is 1. The molecule has 0 saturated carbocycles. The summed E-state index contributed by atoms with van der Waals surface area (Å²) in [5, 5.41) is 10.2. The van der Waals surface area contributed by atoms with E-state index in [1.807, 2.05) is 24.3 Å². The van der Waals surface area contributed by atoms with Crippen LogP contribution in [0.2, 0.25) is 0 Å². The van der Waals surface area contributed by atoms with Gasteiger partial charge in [-0.2, -0.15) is 0 Å². The van der Waals surface area contributed by atoms with E-state index in [0.29, 0.717) is 16.9 Å². The standard InChI is InChI=1S/C18H17NO4S/c1-23-15-8-4-5-9-16(15)24-11-12(20)10-19-17(21)13-6-2-3-7-14(13)18(19)22/h2-9,12,20H,10-11H2,1H3. The molecule has 0 aliphatic carbocycles. The number of β-amino-alcohol motifs (C(OH)–C–C–N with tert-alkyl or cyclic N) is 1. The minimum atomic E-state index is -0.817. The maximum absolute atomic E-state index is 12.3. The molecule has 24 heavy (non-hydrogen) atoms. The molecule has 6 heteroatoms. The topological polar surface area (TPSA) is 66.8 Å². The molecule has 5 nitrogen and oxygen atoms in total. The number of nitrogens with zero attached hydrogens (tertiary/aromatic N) is 1. The highest BCUT2D eigenvalue weighted by atomic mass is 32.2. The highest BCUT2D eigenvalue weighted by Gasteiger charge is 2.36. The molecule has 0 aromatic heterocycles. The molecule has 0 fully saturated rings. The van der Waals surface area contributed by atoms with Gasteiger partial charge in [-0.05, 0) is 24.3 Å². The van der Waals surface area contributed by atoms with Crippen molar-refractivity contribution in [3.63, 3.8) is 0 Å². The van der Waals surface area contributed by atoms with Crippen molar-refractivity contribution < 1.29 is 19.4 Å². The van der Waals surface area contributed by atoms with E-state index < -0.39 is 6.10 Å². The van der Waals surface area contributed by atoms with Gasteiger partial charge in [-0.3, -0.25) is 14.5 Å². The zero-order valence-electron chi connectivity index (χ0n) is 13.1. The summed E-state index contributed by atoms with van der Waals surface area (Å²) in [4.78, 5) is 26.6. The Labute approximate surface area is 144 Å². The molecule has 1 aliphatic heterocycles. The lowest BCUT2D eigenvalue weighted by Gasteiger charge is -2.18. The minimum Gasteiger partial charge on any atom is -0.496 e. The molecular weight excluding hydrogens is 326 g/mol. The van der Waals surface area contributed by atoms with Gasteiger partial charge in [0.2, 0.25) is 0 Å². The van der Waals surface area contributed by atoms with Crippen molar-refractivity contribution in [1.82, 2.24) is 4.90 Å². The lowest BCUT2D eigenvalue weighted by atomic mass is 10.1. The second kappa shape index (κ2) is 7.07. The molecule has 1 atom stereocenters. The Morgan fingerprint density at radius 3 is 2.25 bits per heavy atom. The molecule has 3 rings (SSSR count). The van der Waals surface area contributed by atoms with Gasteiger partial charge in [-0.1, -0.05) is 24.3 Å². The van der Waals surface area contributed by atoms with Gasteiger partial charge in [0.25, 0.3) is 11.8 Å². The van der Waals surface area contributed by atoms with Gasteiger partial charge in [0.15, 0.2) is 0 Å². The Hall–Kier alpha value is -2.31. The molecule has 1 N–H and O–H groups in total. The van der Waals surface area contributed by atoms with Crippen LogP contribution in [-0.4, -0.2) is 47.3 Å². The summed E-state index contributed by atoms with van der Waals surface area (Å²) in [6.45, 7) is -0.0193. The van der Waals surface area contributed by atoms with E-state index in [1.54, 1.807) is 31.4 Å². The van der Waals surface area contributed by atoms with Crippen molar-refractivity contribution in [2.75, 3.05) is 19.4 Å². The number of thioether (sulfide) groups is 1. The normalized spacial score (nSPS) is 14.7. The number of hydrogen-bond acceptors (Lipinski definition) is 5. The fraction of sp³-hybridized carbons (Fsp3) is 0.222. The maximum atomic E-state index is 12.3. The zero-order valence-corrected chi connectivity index (χ0v) is 14.0. The first-order valence-electron chi connectivity index (χ1n) is 7.51. The van der Waals surface area contributed by atoms with E-state index in [0.717, 1.165) is 15.5 Å². The first-order valence-corrected chi connectivity index (χ1v) is 8.49. The van der Waals surface area contributed by atoms with Crippen LogP contribution in [0.3, 0.4) is 0 Å². The molecule has 1 heterocycles. The molecule has 0 spiro atoms. The van der Waals surface area contributed by atoms with Gasteiger partial charge in [0, 0.05) is 10.6 Å². The number of imide groups is 1. The number of hydrogen-bond donors (Lipinski definition) is 1. The van der Waals surface area contributed by atoms with Crippen molar-refractivity contribution in [3.05, 3.63) is 59.7 Å². The van der Waals surface area contributed by atoms with Crippen LogP contribution in [0.15, 0.2) is 53.4 Å². The predicted octanol–water partition coefficient (Wildman–Crippen LogP) is 2.44. The fourth-order valence-corrected chi connectivity index (χ4v) is 3.54. The van der Waals surface area contributed by atoms with Gasteiger partial charge in [-0.15, -0.1) is 11.8 Å². The van der Waals surface area contributed by atoms with E-state index >= 15 is 0 Å². The quantitative estimate of drug-likeness (QED) is 0.645. The van der Waals surface area contributed by atoms with Gasteiger partial charge in [0.1, 0.15) is 5.75 Å².